The highest BCUT2D eigenvalue weighted by Gasteiger charge is 2.36. The van der Waals surface area contributed by atoms with Crippen LogP contribution in [0.2, 0.25) is 0 Å². The Morgan fingerprint density at radius 3 is 2.68 bits per heavy atom. The highest BCUT2D eigenvalue weighted by molar-refractivity contribution is 5.76. The van der Waals surface area contributed by atoms with E-state index in [1.165, 1.54) is 37.8 Å². The van der Waals surface area contributed by atoms with Gasteiger partial charge < -0.3 is 10.3 Å². The smallest absolute Gasteiger partial charge is 0.231 e. The molecule has 122 valence electrons. The van der Waals surface area contributed by atoms with Gasteiger partial charge in [0.15, 0.2) is 0 Å². The fourth-order valence-corrected chi connectivity index (χ4v) is 4.08. The number of imidazole rings is 1. The van der Waals surface area contributed by atoms with Crippen molar-refractivity contribution in [3.8, 4) is 0 Å². The lowest BCUT2D eigenvalue weighted by molar-refractivity contribution is -0.120. The van der Waals surface area contributed by atoms with E-state index in [1.807, 2.05) is 12.5 Å². The first kappa shape index (κ1) is 15.5. The Balaban J connectivity index is 1.75. The highest BCUT2D eigenvalue weighted by Crippen LogP contribution is 2.30. The summed E-state index contributed by atoms with van der Waals surface area (Å²) in [4.78, 5) is 20.5. The molecule has 2 atom stereocenters. The van der Waals surface area contributed by atoms with Gasteiger partial charge in [0, 0.05) is 31.9 Å². The Bertz CT molecular complexity index is 514. The zero-order valence-electron chi connectivity index (χ0n) is 13.4. The van der Waals surface area contributed by atoms with Crippen LogP contribution in [0.25, 0.3) is 0 Å². The lowest BCUT2D eigenvalue weighted by Crippen LogP contribution is -2.55. The zero-order chi connectivity index (χ0) is 15.5. The van der Waals surface area contributed by atoms with Crippen molar-refractivity contribution in [3.05, 3.63) is 18.2 Å². The minimum Gasteiger partial charge on any atom is -0.369 e. The van der Waals surface area contributed by atoms with E-state index < -0.39 is 0 Å². The molecule has 1 amide bonds. The Hall–Kier alpha value is -1.40. The van der Waals surface area contributed by atoms with Gasteiger partial charge in [-0.15, -0.1) is 0 Å². The molecule has 2 aliphatic rings. The van der Waals surface area contributed by atoms with Crippen LogP contribution in [0.15, 0.2) is 12.5 Å². The normalized spacial score (nSPS) is 27.3. The molecule has 6 nitrogen and oxygen atoms in total. The summed E-state index contributed by atoms with van der Waals surface area (Å²) >= 11 is 0. The highest BCUT2D eigenvalue weighted by atomic mass is 16.1. The van der Waals surface area contributed by atoms with Crippen LogP contribution in [0.3, 0.4) is 0 Å². The minimum atomic E-state index is -0.204. The monoisotopic (exact) mass is 305 g/mol. The van der Waals surface area contributed by atoms with E-state index in [2.05, 4.69) is 26.4 Å². The first-order valence-corrected chi connectivity index (χ1v) is 8.37. The number of aryl methyl sites for hydroxylation is 1. The average Bonchev–Trinajstić information content (AvgIpc) is 2.77. The van der Waals surface area contributed by atoms with Crippen LogP contribution in [0.1, 0.15) is 37.8 Å². The number of fused-ring (bicyclic) bond motifs is 1. The van der Waals surface area contributed by atoms with Gasteiger partial charge in [0.25, 0.3) is 0 Å². The Morgan fingerprint density at radius 1 is 1.23 bits per heavy atom. The molecule has 0 bridgehead atoms. The lowest BCUT2D eigenvalue weighted by Gasteiger charge is -2.44. The molecule has 22 heavy (non-hydrogen) atoms. The van der Waals surface area contributed by atoms with Gasteiger partial charge in [-0.3, -0.25) is 14.6 Å². The quantitative estimate of drug-likeness (QED) is 0.890. The van der Waals surface area contributed by atoms with Gasteiger partial charge in [-0.05, 0) is 38.8 Å². The van der Waals surface area contributed by atoms with Gasteiger partial charge in [-0.25, -0.2) is 4.98 Å². The number of carbonyl (C=O) groups excluding carboxylic acids is 1. The number of nitrogens with zero attached hydrogens (tertiary/aromatic N) is 4. The van der Waals surface area contributed by atoms with Gasteiger partial charge in [0.05, 0.1) is 18.6 Å². The molecule has 0 aliphatic carbocycles. The third-order valence-electron chi connectivity index (χ3n) is 5.16. The van der Waals surface area contributed by atoms with Crippen LogP contribution in [-0.4, -0.2) is 57.0 Å². The average molecular weight is 305 g/mol. The van der Waals surface area contributed by atoms with Gasteiger partial charge in [-0.1, -0.05) is 6.42 Å². The fraction of sp³-hybridized carbons (Fsp3) is 0.750. The summed E-state index contributed by atoms with van der Waals surface area (Å²) < 4.78 is 2.10. The summed E-state index contributed by atoms with van der Waals surface area (Å²) in [5.41, 5.74) is 6.71. The van der Waals surface area contributed by atoms with Crippen molar-refractivity contribution in [3.63, 3.8) is 0 Å². The van der Waals surface area contributed by atoms with E-state index in [0.717, 1.165) is 19.6 Å². The second-order valence-electron chi connectivity index (χ2n) is 6.68. The molecule has 2 saturated heterocycles. The van der Waals surface area contributed by atoms with Crippen LogP contribution < -0.4 is 5.73 Å². The van der Waals surface area contributed by atoms with E-state index in [9.17, 15) is 4.79 Å². The molecule has 2 aliphatic heterocycles. The van der Waals surface area contributed by atoms with Crippen LogP contribution in [0.5, 0.6) is 0 Å². The molecule has 0 saturated carbocycles. The van der Waals surface area contributed by atoms with Crippen LogP contribution in [-0.2, 0) is 18.4 Å². The Labute approximate surface area is 132 Å². The Kier molecular flexibility index (Phi) is 4.78. The summed E-state index contributed by atoms with van der Waals surface area (Å²) in [6, 6.07) is 1.00. The predicted molar refractivity (Wildman–Crippen MR) is 85.0 cm³/mol. The third kappa shape index (κ3) is 3.33. The number of primary amides is 1. The number of aromatic nitrogens is 2. The van der Waals surface area contributed by atoms with E-state index in [4.69, 9.17) is 5.73 Å². The first-order valence-electron chi connectivity index (χ1n) is 8.37. The van der Waals surface area contributed by atoms with Crippen LogP contribution in [0, 0.1) is 0 Å². The number of amides is 1. The molecular formula is C16H27N5O. The number of piperidine rings is 1. The summed E-state index contributed by atoms with van der Waals surface area (Å²) in [6.07, 6.45) is 9.81. The number of rotatable bonds is 4. The molecule has 6 heteroatoms. The maximum Gasteiger partial charge on any atom is 0.231 e. The molecule has 2 N–H and O–H groups in total. The summed E-state index contributed by atoms with van der Waals surface area (Å²) in [5, 5.41) is 0. The van der Waals surface area contributed by atoms with Crippen LogP contribution in [0.4, 0.5) is 0 Å². The third-order valence-corrected chi connectivity index (χ3v) is 5.16. The predicted octanol–water partition coefficient (Wildman–Crippen LogP) is 0.724. The topological polar surface area (TPSA) is 67.4 Å². The van der Waals surface area contributed by atoms with Crippen molar-refractivity contribution in [1.82, 2.24) is 19.4 Å². The van der Waals surface area contributed by atoms with Crippen molar-refractivity contribution in [2.24, 2.45) is 12.8 Å². The molecule has 1 aromatic heterocycles. The molecule has 3 heterocycles. The van der Waals surface area contributed by atoms with Gasteiger partial charge in [-0.2, -0.15) is 0 Å². The van der Waals surface area contributed by atoms with Crippen molar-refractivity contribution in [2.75, 3.05) is 19.6 Å². The van der Waals surface area contributed by atoms with Gasteiger partial charge in [0.1, 0.15) is 0 Å². The number of carbonyl (C=O) groups is 1. The molecule has 2 fully saturated rings. The van der Waals surface area contributed by atoms with Crippen molar-refractivity contribution in [2.45, 2.75) is 50.7 Å². The van der Waals surface area contributed by atoms with Crippen molar-refractivity contribution >= 4 is 5.91 Å². The molecule has 3 rings (SSSR count). The van der Waals surface area contributed by atoms with Gasteiger partial charge >= 0.3 is 0 Å². The van der Waals surface area contributed by atoms with Crippen molar-refractivity contribution < 1.29 is 4.79 Å². The second kappa shape index (κ2) is 6.79. The number of hydrogen-bond donors (Lipinski definition) is 1. The summed E-state index contributed by atoms with van der Waals surface area (Å²) in [7, 11) is 2.05. The van der Waals surface area contributed by atoms with Crippen molar-refractivity contribution in [1.29, 1.82) is 0 Å². The van der Waals surface area contributed by atoms with E-state index >= 15 is 0 Å². The first-order chi connectivity index (χ1) is 10.6. The minimum absolute atomic E-state index is 0.204. The Morgan fingerprint density at radius 2 is 1.95 bits per heavy atom. The molecular weight excluding hydrogens is 278 g/mol. The largest absolute Gasteiger partial charge is 0.369 e. The van der Waals surface area contributed by atoms with E-state index in [-0.39, 0.29) is 5.91 Å². The molecule has 0 aromatic carbocycles. The summed E-state index contributed by atoms with van der Waals surface area (Å²) in [5.74, 6) is -0.204. The summed E-state index contributed by atoms with van der Waals surface area (Å²) in [6.45, 7) is 3.49. The number of likely N-dealkylation sites (tertiary alicyclic amines) is 2. The second-order valence-corrected chi connectivity index (χ2v) is 6.68. The lowest BCUT2D eigenvalue weighted by atomic mass is 9.92. The van der Waals surface area contributed by atoms with Gasteiger partial charge in [0.2, 0.25) is 5.91 Å². The van der Waals surface area contributed by atoms with E-state index in [0.29, 0.717) is 18.6 Å². The van der Waals surface area contributed by atoms with E-state index in [1.54, 1.807) is 0 Å². The molecule has 0 unspecified atom stereocenters. The fourth-order valence-electron chi connectivity index (χ4n) is 4.08. The standard InChI is InChI=1S/C16H27N5O/c1-19-12-18-9-13(19)10-20-8-4-6-15-14(20)5-2-3-7-21(15)11-16(17)22/h9,12,14-15H,2-8,10-11H2,1H3,(H2,17,22)/t14-,15-/m1/s1. The maximum atomic E-state index is 11.4. The SMILES string of the molecule is Cn1cncc1CN1CCC[C@@H]2[C@H]1CCCCN2CC(N)=O. The zero-order valence-corrected chi connectivity index (χ0v) is 13.4. The number of nitrogens with two attached hydrogens (primary N) is 1. The molecule has 0 radical (unpaired) electrons. The van der Waals surface area contributed by atoms with Crippen LogP contribution >= 0.6 is 0 Å². The number of hydrogen-bond acceptors (Lipinski definition) is 4. The molecule has 1 aromatic rings. The maximum absolute atomic E-state index is 11.4. The molecule has 0 spiro atoms.